The standard InChI is InChI=1S/C29H28F3N5O/c1-2-18-11-20(8-9-21(18)26(38)10-7-17-13-34-14-17)37-25-6-4-3-5-22-24(16-35-27(22)25)23-12-19(33)15-36-28(23)29(30,31)32/h3-6,8-9,11-12,16-17,33-35H,2,7,10,13-15H2,1H3. The van der Waals surface area contributed by atoms with Crippen LogP contribution >= 0.6 is 0 Å². The molecular weight excluding hydrogens is 491 g/mol. The van der Waals surface area contributed by atoms with Crippen LogP contribution in [-0.4, -0.2) is 48.0 Å². The highest BCUT2D eigenvalue weighted by Crippen LogP contribution is 2.33. The van der Waals surface area contributed by atoms with E-state index in [4.69, 9.17) is 10.4 Å². The van der Waals surface area contributed by atoms with Crippen molar-refractivity contribution in [1.82, 2.24) is 10.3 Å². The molecule has 0 aliphatic carbocycles. The first-order chi connectivity index (χ1) is 18.2. The normalized spacial score (nSPS) is 16.8. The van der Waals surface area contributed by atoms with Gasteiger partial charge in [0.1, 0.15) is 5.71 Å². The molecule has 0 unspecified atom stereocenters. The number of nitrogens with one attached hydrogen (secondary N) is 3. The number of allylic oxidation sites excluding steroid dienone is 1. The zero-order chi connectivity index (χ0) is 26.9. The predicted octanol–water partition coefficient (Wildman–Crippen LogP) is 5.57. The molecule has 6 nitrogen and oxygen atoms in total. The van der Waals surface area contributed by atoms with Crippen molar-refractivity contribution in [3.8, 4) is 0 Å². The second kappa shape index (κ2) is 10.5. The predicted molar refractivity (Wildman–Crippen MR) is 143 cm³/mol. The summed E-state index contributed by atoms with van der Waals surface area (Å²) in [4.78, 5) is 24.4. The van der Waals surface area contributed by atoms with Crippen LogP contribution in [-0.2, 0) is 6.42 Å². The zero-order valence-electron chi connectivity index (χ0n) is 21.0. The number of rotatable bonds is 7. The second-order valence-corrected chi connectivity index (χ2v) is 9.63. The van der Waals surface area contributed by atoms with E-state index in [1.807, 2.05) is 19.1 Å². The van der Waals surface area contributed by atoms with Gasteiger partial charge in [-0.15, -0.1) is 0 Å². The van der Waals surface area contributed by atoms with Gasteiger partial charge >= 0.3 is 6.18 Å². The first-order valence-corrected chi connectivity index (χ1v) is 12.7. The summed E-state index contributed by atoms with van der Waals surface area (Å²) in [5.41, 5.74) is 2.06. The molecule has 2 aliphatic rings. The Balaban J connectivity index is 1.53. The van der Waals surface area contributed by atoms with Gasteiger partial charge < -0.3 is 15.7 Å². The topological polar surface area (TPSA) is 93.5 Å². The van der Waals surface area contributed by atoms with Crippen molar-refractivity contribution < 1.29 is 18.0 Å². The van der Waals surface area contributed by atoms with Gasteiger partial charge in [-0.2, -0.15) is 13.2 Å². The van der Waals surface area contributed by atoms with Crippen LogP contribution in [0.5, 0.6) is 0 Å². The number of carbonyl (C=O) groups is 1. The number of dihydropyridines is 1. The molecule has 3 heterocycles. The molecule has 38 heavy (non-hydrogen) atoms. The lowest BCUT2D eigenvalue weighted by Gasteiger charge is -2.26. The highest BCUT2D eigenvalue weighted by Gasteiger charge is 2.40. The lowest BCUT2D eigenvalue weighted by Crippen LogP contribution is -2.42. The Kier molecular flexibility index (Phi) is 7.12. The fourth-order valence-electron chi connectivity index (χ4n) is 4.88. The van der Waals surface area contributed by atoms with Gasteiger partial charge in [0, 0.05) is 34.7 Å². The van der Waals surface area contributed by atoms with E-state index in [0.717, 1.165) is 30.6 Å². The molecule has 196 valence electrons. The molecule has 3 N–H and O–H groups in total. The number of aromatic nitrogens is 1. The molecule has 3 aromatic rings. The summed E-state index contributed by atoms with van der Waals surface area (Å²) < 4.78 is 41.2. The van der Waals surface area contributed by atoms with Gasteiger partial charge in [0.25, 0.3) is 0 Å². The summed E-state index contributed by atoms with van der Waals surface area (Å²) in [6.07, 6.45) is 0.182. The molecule has 2 aromatic carbocycles. The maximum atomic E-state index is 13.7. The van der Waals surface area contributed by atoms with Gasteiger partial charge in [0.05, 0.1) is 28.8 Å². The number of alkyl halides is 3. The smallest absolute Gasteiger partial charge is 0.359 e. The minimum Gasteiger partial charge on any atom is -0.359 e. The number of halogens is 3. The average molecular weight is 520 g/mol. The summed E-state index contributed by atoms with van der Waals surface area (Å²) in [5.74, 6) is 0.704. The Bertz CT molecular complexity index is 1540. The number of aliphatic imine (C=N–C) groups is 1. The van der Waals surface area contributed by atoms with Crippen molar-refractivity contribution in [2.45, 2.75) is 32.4 Å². The SMILES string of the molecule is CCc1cc(N=c2ccccc3c(C4=CC(=N)CN=C4C(F)(F)F)c[nH]c23)ccc1C(=O)CCC1CNC1. The number of ketones is 1. The summed E-state index contributed by atoms with van der Waals surface area (Å²) in [5, 5.41) is 12.2. The second-order valence-electron chi connectivity index (χ2n) is 9.63. The third-order valence-electron chi connectivity index (χ3n) is 7.01. The monoisotopic (exact) mass is 519 g/mol. The first-order valence-electron chi connectivity index (χ1n) is 12.7. The number of carbonyl (C=O) groups excluding carboxylic acids is 1. The molecule has 0 radical (unpaired) electrons. The Morgan fingerprint density at radius 1 is 1.18 bits per heavy atom. The fraction of sp³-hybridized carbons (Fsp3) is 0.310. The molecule has 1 aromatic heterocycles. The van der Waals surface area contributed by atoms with Crippen LogP contribution < -0.4 is 10.7 Å². The Hall–Kier alpha value is -3.85. The number of benzene rings is 1. The lowest BCUT2D eigenvalue weighted by atomic mass is 9.92. The Morgan fingerprint density at radius 3 is 2.68 bits per heavy atom. The van der Waals surface area contributed by atoms with E-state index in [1.54, 1.807) is 30.3 Å². The molecule has 1 saturated heterocycles. The van der Waals surface area contributed by atoms with Crippen molar-refractivity contribution in [2.75, 3.05) is 19.6 Å². The van der Waals surface area contributed by atoms with E-state index in [9.17, 15) is 18.0 Å². The van der Waals surface area contributed by atoms with Gasteiger partial charge in [0.2, 0.25) is 0 Å². The molecule has 0 bridgehead atoms. The summed E-state index contributed by atoms with van der Waals surface area (Å²) in [6, 6.07) is 12.6. The molecule has 5 rings (SSSR count). The third-order valence-corrected chi connectivity index (χ3v) is 7.01. The summed E-state index contributed by atoms with van der Waals surface area (Å²) in [6.45, 7) is 3.64. The van der Waals surface area contributed by atoms with Gasteiger partial charge in [-0.25, -0.2) is 4.99 Å². The lowest BCUT2D eigenvalue weighted by molar-refractivity contribution is -0.0573. The number of nitrogens with zero attached hydrogens (tertiary/aromatic N) is 2. The van der Waals surface area contributed by atoms with E-state index in [0.29, 0.717) is 46.3 Å². The zero-order valence-corrected chi connectivity index (χ0v) is 21.0. The van der Waals surface area contributed by atoms with E-state index in [1.165, 1.54) is 12.3 Å². The van der Waals surface area contributed by atoms with Crippen LogP contribution in [0, 0.1) is 11.3 Å². The Morgan fingerprint density at radius 2 is 1.97 bits per heavy atom. The maximum Gasteiger partial charge on any atom is 0.433 e. The van der Waals surface area contributed by atoms with Crippen molar-refractivity contribution in [3.63, 3.8) is 0 Å². The number of hydrogen-bond donors (Lipinski definition) is 3. The van der Waals surface area contributed by atoms with Crippen molar-refractivity contribution in [3.05, 3.63) is 76.8 Å². The number of fused-ring (bicyclic) bond motifs is 1. The first kappa shape index (κ1) is 25.8. The van der Waals surface area contributed by atoms with E-state index in [2.05, 4.69) is 15.3 Å². The highest BCUT2D eigenvalue weighted by atomic mass is 19.4. The van der Waals surface area contributed by atoms with Crippen molar-refractivity contribution in [2.24, 2.45) is 15.9 Å². The maximum absolute atomic E-state index is 13.7. The van der Waals surface area contributed by atoms with E-state index >= 15 is 0 Å². The number of hydrogen-bond acceptors (Lipinski definition) is 5. The molecule has 0 atom stereocenters. The van der Waals surface area contributed by atoms with E-state index in [-0.39, 0.29) is 23.6 Å². The quantitative estimate of drug-likeness (QED) is 0.356. The number of aryl methyl sites for hydroxylation is 1. The minimum atomic E-state index is -4.63. The molecule has 0 spiro atoms. The van der Waals surface area contributed by atoms with Crippen LogP contribution in [0.1, 0.15) is 41.3 Å². The molecule has 0 amide bonds. The van der Waals surface area contributed by atoms with Gasteiger partial charge in [-0.3, -0.25) is 9.79 Å². The van der Waals surface area contributed by atoms with Crippen LogP contribution in [0.4, 0.5) is 18.9 Å². The van der Waals surface area contributed by atoms with Crippen molar-refractivity contribution >= 4 is 39.4 Å². The number of H-pyrrole nitrogens is 1. The van der Waals surface area contributed by atoms with Crippen molar-refractivity contribution in [1.29, 1.82) is 5.41 Å². The average Bonchev–Trinajstić information content (AvgIpc) is 3.17. The molecular formula is C29H28F3N5O. The van der Waals surface area contributed by atoms with Crippen LogP contribution in [0.25, 0.3) is 16.5 Å². The minimum absolute atomic E-state index is 0.0126. The van der Waals surface area contributed by atoms with Gasteiger partial charge in [0.15, 0.2) is 5.78 Å². The molecule has 1 fully saturated rings. The summed E-state index contributed by atoms with van der Waals surface area (Å²) in [7, 11) is 0. The number of Topliss-reactive ketones (excluding diaryl/α,β-unsaturated/α-hetero) is 1. The summed E-state index contributed by atoms with van der Waals surface area (Å²) >= 11 is 0. The fourth-order valence-corrected chi connectivity index (χ4v) is 4.88. The van der Waals surface area contributed by atoms with Crippen LogP contribution in [0.3, 0.4) is 0 Å². The molecule has 0 saturated carbocycles. The largest absolute Gasteiger partial charge is 0.433 e. The third kappa shape index (κ3) is 5.24. The molecule has 9 heteroatoms. The van der Waals surface area contributed by atoms with E-state index < -0.39 is 11.9 Å². The van der Waals surface area contributed by atoms with Crippen LogP contribution in [0.15, 0.2) is 64.7 Å². The van der Waals surface area contributed by atoms with Gasteiger partial charge in [-0.05, 0) is 67.8 Å². The molecule has 2 aliphatic heterocycles. The van der Waals surface area contributed by atoms with Gasteiger partial charge in [-0.1, -0.05) is 25.1 Å². The highest BCUT2D eigenvalue weighted by molar-refractivity contribution is 6.33. The number of aromatic amines is 1. The van der Waals surface area contributed by atoms with Crippen LogP contribution in [0.2, 0.25) is 0 Å². The Labute approximate surface area is 217 Å².